The lowest BCUT2D eigenvalue weighted by Gasteiger charge is -2.33. The summed E-state index contributed by atoms with van der Waals surface area (Å²) in [7, 11) is -0.225. The third-order valence-electron chi connectivity index (χ3n) is 6.05. The van der Waals surface area contributed by atoms with Gasteiger partial charge in [-0.05, 0) is 64.9 Å². The van der Waals surface area contributed by atoms with Crippen molar-refractivity contribution in [3.05, 3.63) is 29.8 Å². The van der Waals surface area contributed by atoms with Crippen LogP contribution in [0.15, 0.2) is 18.5 Å². The normalized spacial score (nSPS) is 23.3. The Morgan fingerprint density at radius 2 is 1.85 bits per heavy atom. The molecule has 2 fully saturated rings. The van der Waals surface area contributed by atoms with E-state index in [9.17, 15) is 9.18 Å². The van der Waals surface area contributed by atoms with Crippen LogP contribution in [0.3, 0.4) is 0 Å². The molecule has 2 aliphatic rings. The zero-order chi connectivity index (χ0) is 19.8. The average molecular weight is 377 g/mol. The molecule has 6 nitrogen and oxygen atoms in total. The minimum atomic E-state index is -0.406. The summed E-state index contributed by atoms with van der Waals surface area (Å²) >= 11 is 0. The number of nitrogens with one attached hydrogen (secondary N) is 1. The number of amides is 2. The van der Waals surface area contributed by atoms with Crippen molar-refractivity contribution >= 4 is 13.1 Å². The predicted octanol–water partition coefficient (Wildman–Crippen LogP) is 3.55. The number of carbonyl (C=O) groups is 1. The van der Waals surface area contributed by atoms with E-state index in [4.69, 9.17) is 9.31 Å². The SMILES string of the molecule is CC(NC(=O)N1CCC(B2OC(C)(C)C(C)(C)O2)CC1)c1cncc(F)c1. The van der Waals surface area contributed by atoms with Crippen molar-refractivity contribution in [2.45, 2.75) is 70.5 Å². The lowest BCUT2D eigenvalue weighted by molar-refractivity contribution is 0.00578. The molecule has 1 atom stereocenters. The molecule has 8 heteroatoms. The van der Waals surface area contributed by atoms with Crippen LogP contribution in [0.5, 0.6) is 0 Å². The van der Waals surface area contributed by atoms with Crippen molar-refractivity contribution in [1.82, 2.24) is 15.2 Å². The highest BCUT2D eigenvalue weighted by molar-refractivity contribution is 6.47. The molecule has 2 amide bonds. The second-order valence-electron chi connectivity index (χ2n) is 8.56. The molecule has 2 saturated heterocycles. The third kappa shape index (κ3) is 4.27. The van der Waals surface area contributed by atoms with E-state index in [1.807, 2.05) is 6.92 Å². The van der Waals surface area contributed by atoms with E-state index in [0.29, 0.717) is 18.7 Å². The maximum atomic E-state index is 13.3. The van der Waals surface area contributed by atoms with Gasteiger partial charge >= 0.3 is 13.1 Å². The van der Waals surface area contributed by atoms with Gasteiger partial charge in [-0.3, -0.25) is 4.98 Å². The number of carbonyl (C=O) groups excluding carboxylic acids is 1. The minimum Gasteiger partial charge on any atom is -0.403 e. The molecule has 1 aromatic heterocycles. The van der Waals surface area contributed by atoms with E-state index in [1.54, 1.807) is 11.1 Å². The summed E-state index contributed by atoms with van der Waals surface area (Å²) in [6, 6.07) is 0.947. The highest BCUT2D eigenvalue weighted by Gasteiger charge is 2.53. The summed E-state index contributed by atoms with van der Waals surface area (Å²) in [5.74, 6) is -0.128. The number of aromatic nitrogens is 1. The molecular formula is C19H29BFN3O3. The van der Waals surface area contributed by atoms with Crippen LogP contribution in [0, 0.1) is 5.82 Å². The Labute approximate surface area is 161 Å². The monoisotopic (exact) mass is 377 g/mol. The van der Waals surface area contributed by atoms with Gasteiger partial charge in [0.1, 0.15) is 5.82 Å². The Kier molecular flexibility index (Phi) is 5.50. The zero-order valence-corrected chi connectivity index (χ0v) is 16.8. The number of hydrogen-bond donors (Lipinski definition) is 1. The minimum absolute atomic E-state index is 0.140. The predicted molar refractivity (Wildman–Crippen MR) is 102 cm³/mol. The number of likely N-dealkylation sites (tertiary alicyclic amines) is 1. The topological polar surface area (TPSA) is 63.7 Å². The van der Waals surface area contributed by atoms with Crippen molar-refractivity contribution < 1.29 is 18.5 Å². The van der Waals surface area contributed by atoms with Crippen LogP contribution in [-0.2, 0) is 9.31 Å². The van der Waals surface area contributed by atoms with E-state index in [2.05, 4.69) is 38.0 Å². The van der Waals surface area contributed by atoms with Crippen molar-refractivity contribution in [3.8, 4) is 0 Å². The van der Waals surface area contributed by atoms with E-state index in [0.717, 1.165) is 19.0 Å². The number of nitrogens with zero attached hydrogens (tertiary/aromatic N) is 2. The molecule has 0 radical (unpaired) electrons. The van der Waals surface area contributed by atoms with Gasteiger partial charge in [0.05, 0.1) is 23.4 Å². The Bertz CT molecular complexity index is 677. The van der Waals surface area contributed by atoms with Gasteiger partial charge in [0.15, 0.2) is 0 Å². The first kappa shape index (κ1) is 20.1. The standard InChI is InChI=1S/C19H29BFN3O3/c1-13(14-10-16(21)12-22-11-14)23-17(25)24-8-6-15(7-9-24)20-26-18(2,3)19(4,5)27-20/h10-13,15H,6-9H2,1-5H3,(H,23,25). The Morgan fingerprint density at radius 3 is 2.41 bits per heavy atom. The number of urea groups is 1. The van der Waals surface area contributed by atoms with Crippen LogP contribution in [-0.4, -0.2) is 47.3 Å². The third-order valence-corrected chi connectivity index (χ3v) is 6.05. The fourth-order valence-electron chi connectivity index (χ4n) is 3.48. The highest BCUT2D eigenvalue weighted by Crippen LogP contribution is 2.42. The molecule has 1 unspecified atom stereocenters. The molecule has 0 aromatic carbocycles. The van der Waals surface area contributed by atoms with Crippen LogP contribution in [0.25, 0.3) is 0 Å². The van der Waals surface area contributed by atoms with Gasteiger partial charge in [-0.25, -0.2) is 9.18 Å². The fourth-order valence-corrected chi connectivity index (χ4v) is 3.48. The molecule has 148 valence electrons. The summed E-state index contributed by atoms with van der Waals surface area (Å²) in [6.07, 6.45) is 4.39. The van der Waals surface area contributed by atoms with Gasteiger partial charge in [-0.15, -0.1) is 0 Å². The maximum absolute atomic E-state index is 13.3. The van der Waals surface area contributed by atoms with E-state index in [1.165, 1.54) is 6.07 Å². The van der Waals surface area contributed by atoms with Gasteiger partial charge < -0.3 is 19.5 Å². The lowest BCUT2D eigenvalue weighted by Crippen LogP contribution is -2.46. The molecule has 1 N–H and O–H groups in total. The van der Waals surface area contributed by atoms with E-state index >= 15 is 0 Å². The molecule has 3 rings (SSSR count). The summed E-state index contributed by atoms with van der Waals surface area (Å²) < 4.78 is 25.6. The van der Waals surface area contributed by atoms with E-state index < -0.39 is 5.82 Å². The number of pyridine rings is 1. The van der Waals surface area contributed by atoms with Gasteiger partial charge in [0.2, 0.25) is 0 Å². The summed E-state index contributed by atoms with van der Waals surface area (Å²) in [4.78, 5) is 18.2. The van der Waals surface area contributed by atoms with Gasteiger partial charge in [0.25, 0.3) is 0 Å². The number of piperidine rings is 1. The molecule has 27 heavy (non-hydrogen) atoms. The fraction of sp³-hybridized carbons (Fsp3) is 0.684. The molecule has 0 saturated carbocycles. The summed E-state index contributed by atoms with van der Waals surface area (Å²) in [5, 5.41) is 2.92. The number of hydrogen-bond acceptors (Lipinski definition) is 4. The number of rotatable bonds is 3. The van der Waals surface area contributed by atoms with Gasteiger partial charge in [-0.2, -0.15) is 0 Å². The van der Waals surface area contributed by atoms with Gasteiger partial charge in [-0.1, -0.05) is 0 Å². The smallest absolute Gasteiger partial charge is 0.403 e. The maximum Gasteiger partial charge on any atom is 0.461 e. The molecule has 1 aromatic rings. The van der Waals surface area contributed by atoms with Gasteiger partial charge in [0, 0.05) is 19.3 Å². The zero-order valence-electron chi connectivity index (χ0n) is 16.8. The van der Waals surface area contributed by atoms with Crippen molar-refractivity contribution in [2.75, 3.05) is 13.1 Å². The van der Waals surface area contributed by atoms with Crippen molar-refractivity contribution in [2.24, 2.45) is 0 Å². The number of halogens is 1. The van der Waals surface area contributed by atoms with Crippen LogP contribution >= 0.6 is 0 Å². The lowest BCUT2D eigenvalue weighted by atomic mass is 9.67. The average Bonchev–Trinajstić information content (AvgIpc) is 2.82. The second-order valence-corrected chi connectivity index (χ2v) is 8.56. The van der Waals surface area contributed by atoms with E-state index in [-0.39, 0.29) is 36.2 Å². The molecular weight excluding hydrogens is 348 g/mol. The van der Waals surface area contributed by atoms with Crippen LogP contribution in [0.4, 0.5) is 9.18 Å². The molecule has 2 aliphatic heterocycles. The van der Waals surface area contributed by atoms with Crippen LogP contribution < -0.4 is 5.32 Å². The van der Waals surface area contributed by atoms with Crippen molar-refractivity contribution in [1.29, 1.82) is 0 Å². The largest absolute Gasteiger partial charge is 0.461 e. The van der Waals surface area contributed by atoms with Crippen molar-refractivity contribution in [3.63, 3.8) is 0 Å². The molecule has 0 spiro atoms. The Balaban J connectivity index is 1.51. The quantitative estimate of drug-likeness (QED) is 0.819. The highest BCUT2D eigenvalue weighted by atomic mass is 19.1. The molecule has 0 aliphatic carbocycles. The van der Waals surface area contributed by atoms with Crippen LogP contribution in [0.2, 0.25) is 5.82 Å². The summed E-state index contributed by atoms with van der Waals surface area (Å²) in [6.45, 7) is 11.3. The first-order valence-electron chi connectivity index (χ1n) is 9.60. The molecule has 0 bridgehead atoms. The first-order valence-corrected chi connectivity index (χ1v) is 9.60. The second kappa shape index (κ2) is 7.39. The summed E-state index contributed by atoms with van der Waals surface area (Å²) in [5.41, 5.74) is -0.0169. The Morgan fingerprint density at radius 1 is 1.26 bits per heavy atom. The Hall–Kier alpha value is -1.67. The first-order chi connectivity index (χ1) is 12.6. The van der Waals surface area contributed by atoms with Crippen LogP contribution in [0.1, 0.15) is 59.1 Å². The molecule has 3 heterocycles.